The van der Waals surface area contributed by atoms with Crippen LogP contribution in [-0.2, 0) is 18.9 Å². The molecular formula is C13H26N3O6P. The highest BCUT2D eigenvalue weighted by Crippen LogP contribution is 2.32. The Bertz CT molecular complexity index is 476. The zero-order valence-electron chi connectivity index (χ0n) is 13.6. The number of carbonyl (C=O) groups excluding carboxylic acids is 2. The van der Waals surface area contributed by atoms with Crippen LogP contribution in [0.2, 0.25) is 0 Å². The minimum Gasteiger partial charge on any atom is -0.480 e. The zero-order chi connectivity index (χ0) is 18.2. The van der Waals surface area contributed by atoms with Gasteiger partial charge in [-0.05, 0) is 18.8 Å². The molecule has 0 heterocycles. The lowest BCUT2D eigenvalue weighted by Gasteiger charge is -2.21. The Morgan fingerprint density at radius 2 is 1.83 bits per heavy atom. The van der Waals surface area contributed by atoms with E-state index in [0.29, 0.717) is 6.42 Å². The average molecular weight is 351 g/mol. The molecule has 0 aromatic rings. The predicted octanol–water partition coefficient (Wildman–Crippen LogP) is -0.317. The van der Waals surface area contributed by atoms with Crippen LogP contribution in [-0.4, -0.2) is 52.8 Å². The highest BCUT2D eigenvalue weighted by Gasteiger charge is 2.24. The van der Waals surface area contributed by atoms with Crippen LogP contribution in [0.5, 0.6) is 0 Å². The Morgan fingerprint density at radius 1 is 1.26 bits per heavy atom. The Hall–Kier alpha value is -1.44. The second kappa shape index (κ2) is 9.64. The SMILES string of the molecule is CC(C)C[C@H](NC(=O)CC[C@H](N)C(=O)O)C(=O)NCP(C)(=O)O. The molecule has 6 N–H and O–H groups in total. The minimum atomic E-state index is -3.39. The molecule has 10 heteroatoms. The Balaban J connectivity index is 4.59. The molecule has 0 radical (unpaired) electrons. The number of carbonyl (C=O) groups is 3. The number of nitrogens with one attached hydrogen (secondary N) is 2. The third-order valence-electron chi connectivity index (χ3n) is 2.91. The normalized spacial score (nSPS) is 16.3. The van der Waals surface area contributed by atoms with Gasteiger partial charge in [0.1, 0.15) is 12.1 Å². The number of nitrogens with two attached hydrogens (primary N) is 1. The van der Waals surface area contributed by atoms with Crippen LogP contribution < -0.4 is 16.4 Å². The molecule has 0 fully saturated rings. The monoisotopic (exact) mass is 351 g/mol. The molecule has 0 aromatic carbocycles. The van der Waals surface area contributed by atoms with Crippen LogP contribution in [0, 0.1) is 5.92 Å². The predicted molar refractivity (Wildman–Crippen MR) is 85.0 cm³/mol. The van der Waals surface area contributed by atoms with Crippen molar-refractivity contribution >= 4 is 25.2 Å². The van der Waals surface area contributed by atoms with Crippen LogP contribution >= 0.6 is 7.37 Å². The number of carboxylic acids is 1. The zero-order valence-corrected chi connectivity index (χ0v) is 14.5. The lowest BCUT2D eigenvalue weighted by Crippen LogP contribution is -2.47. The van der Waals surface area contributed by atoms with E-state index in [2.05, 4.69) is 10.6 Å². The summed E-state index contributed by atoms with van der Waals surface area (Å²) < 4.78 is 11.2. The van der Waals surface area contributed by atoms with Crippen molar-refractivity contribution in [3.63, 3.8) is 0 Å². The van der Waals surface area contributed by atoms with Crippen LogP contribution in [0.4, 0.5) is 0 Å². The summed E-state index contributed by atoms with van der Waals surface area (Å²) in [6.07, 6.45) is -0.193. The van der Waals surface area contributed by atoms with Crippen LogP contribution in [0.25, 0.3) is 0 Å². The number of carboxylic acid groups (broad SMARTS) is 1. The third kappa shape index (κ3) is 10.8. The molecule has 134 valence electrons. The van der Waals surface area contributed by atoms with Crippen molar-refractivity contribution in [2.75, 3.05) is 13.0 Å². The van der Waals surface area contributed by atoms with E-state index in [1.165, 1.54) is 0 Å². The van der Waals surface area contributed by atoms with Gasteiger partial charge in [0.2, 0.25) is 19.2 Å². The van der Waals surface area contributed by atoms with E-state index in [0.717, 1.165) is 6.66 Å². The summed E-state index contributed by atoms with van der Waals surface area (Å²) in [5.41, 5.74) is 5.31. The van der Waals surface area contributed by atoms with Gasteiger partial charge in [0.05, 0.1) is 6.29 Å². The smallest absolute Gasteiger partial charge is 0.320 e. The molecule has 0 aliphatic heterocycles. The van der Waals surface area contributed by atoms with Gasteiger partial charge in [-0.3, -0.25) is 18.9 Å². The van der Waals surface area contributed by atoms with Crippen molar-refractivity contribution in [1.82, 2.24) is 10.6 Å². The van der Waals surface area contributed by atoms with Gasteiger partial charge in [0.25, 0.3) is 0 Å². The number of rotatable bonds is 10. The van der Waals surface area contributed by atoms with Crippen LogP contribution in [0.3, 0.4) is 0 Å². The van der Waals surface area contributed by atoms with Crippen molar-refractivity contribution in [2.45, 2.75) is 45.2 Å². The van der Waals surface area contributed by atoms with Crippen LogP contribution in [0.15, 0.2) is 0 Å². The van der Waals surface area contributed by atoms with Gasteiger partial charge < -0.3 is 26.4 Å². The van der Waals surface area contributed by atoms with Gasteiger partial charge >= 0.3 is 5.97 Å². The lowest BCUT2D eigenvalue weighted by molar-refractivity contribution is -0.138. The van der Waals surface area contributed by atoms with Gasteiger partial charge in [-0.2, -0.15) is 0 Å². The first-order chi connectivity index (χ1) is 10.4. The lowest BCUT2D eigenvalue weighted by atomic mass is 10.0. The first-order valence-corrected chi connectivity index (χ1v) is 9.56. The number of hydrogen-bond acceptors (Lipinski definition) is 5. The van der Waals surface area contributed by atoms with E-state index < -0.39 is 37.2 Å². The summed E-state index contributed by atoms with van der Waals surface area (Å²) in [5, 5.41) is 13.5. The van der Waals surface area contributed by atoms with E-state index in [1.807, 2.05) is 13.8 Å². The molecule has 0 spiro atoms. The van der Waals surface area contributed by atoms with E-state index in [-0.39, 0.29) is 25.0 Å². The van der Waals surface area contributed by atoms with Gasteiger partial charge in [-0.25, -0.2) is 0 Å². The molecule has 0 aliphatic carbocycles. The summed E-state index contributed by atoms with van der Waals surface area (Å²) >= 11 is 0. The topological polar surface area (TPSA) is 159 Å². The largest absolute Gasteiger partial charge is 0.480 e. The first kappa shape index (κ1) is 21.6. The second-order valence-corrected chi connectivity index (χ2v) is 8.40. The molecule has 1 unspecified atom stereocenters. The summed E-state index contributed by atoms with van der Waals surface area (Å²) in [4.78, 5) is 43.6. The molecule has 0 bridgehead atoms. The highest BCUT2D eigenvalue weighted by atomic mass is 31.2. The van der Waals surface area contributed by atoms with Crippen molar-refractivity contribution in [1.29, 1.82) is 0 Å². The summed E-state index contributed by atoms with van der Waals surface area (Å²) in [7, 11) is -3.39. The van der Waals surface area contributed by atoms with Gasteiger partial charge in [0.15, 0.2) is 0 Å². The number of hydrogen-bond donors (Lipinski definition) is 5. The van der Waals surface area contributed by atoms with Crippen LogP contribution in [0.1, 0.15) is 33.1 Å². The number of amides is 2. The molecule has 0 saturated heterocycles. The fourth-order valence-electron chi connectivity index (χ4n) is 1.73. The Morgan fingerprint density at radius 3 is 2.26 bits per heavy atom. The van der Waals surface area contributed by atoms with E-state index in [4.69, 9.17) is 10.8 Å². The van der Waals surface area contributed by atoms with E-state index in [9.17, 15) is 23.8 Å². The maximum atomic E-state index is 12.0. The fourth-order valence-corrected chi connectivity index (χ4v) is 2.18. The highest BCUT2D eigenvalue weighted by molar-refractivity contribution is 7.57. The molecule has 0 aliphatic rings. The van der Waals surface area contributed by atoms with Crippen molar-refractivity contribution in [2.24, 2.45) is 11.7 Å². The molecule has 9 nitrogen and oxygen atoms in total. The molecule has 0 rings (SSSR count). The van der Waals surface area contributed by atoms with Crippen molar-refractivity contribution in [3.05, 3.63) is 0 Å². The second-order valence-electron chi connectivity index (χ2n) is 5.98. The van der Waals surface area contributed by atoms with Gasteiger partial charge in [-0.15, -0.1) is 0 Å². The molecule has 0 aromatic heterocycles. The minimum absolute atomic E-state index is 0.0437. The molecule has 0 saturated carbocycles. The Labute approximate surface area is 135 Å². The number of aliphatic carboxylic acids is 1. The first-order valence-electron chi connectivity index (χ1n) is 7.27. The quantitative estimate of drug-likeness (QED) is 0.337. The van der Waals surface area contributed by atoms with Gasteiger partial charge in [0, 0.05) is 13.1 Å². The molecule has 2 amide bonds. The summed E-state index contributed by atoms with van der Waals surface area (Å²) in [6, 6.07) is -1.99. The standard InChI is InChI=1S/C13H26N3O6P/c1-8(2)6-10(12(18)15-7-23(3,21)22)16-11(17)5-4-9(14)13(19)20/h8-10H,4-7,14H2,1-3H3,(H,15,18)(H,16,17)(H,19,20)(H,21,22)/t9-,10-/m0/s1. The van der Waals surface area contributed by atoms with Crippen molar-refractivity contribution in [3.8, 4) is 0 Å². The summed E-state index contributed by atoms with van der Waals surface area (Å²) in [5.74, 6) is -2.14. The molecule has 3 atom stereocenters. The molecule has 23 heavy (non-hydrogen) atoms. The fraction of sp³-hybridized carbons (Fsp3) is 0.769. The van der Waals surface area contributed by atoms with Gasteiger partial charge in [-0.1, -0.05) is 13.8 Å². The summed E-state index contributed by atoms with van der Waals surface area (Å²) in [6.45, 7) is 4.85. The maximum absolute atomic E-state index is 12.0. The average Bonchev–Trinajstić information content (AvgIpc) is 2.39. The van der Waals surface area contributed by atoms with Crippen molar-refractivity contribution < 1.29 is 28.9 Å². The van der Waals surface area contributed by atoms with E-state index >= 15 is 0 Å². The third-order valence-corrected chi connectivity index (χ3v) is 3.65. The maximum Gasteiger partial charge on any atom is 0.320 e. The molecular weight excluding hydrogens is 325 g/mol. The van der Waals surface area contributed by atoms with E-state index in [1.54, 1.807) is 0 Å². The Kier molecular flexibility index (Phi) is 9.04.